The van der Waals surface area contributed by atoms with Gasteiger partial charge in [-0.25, -0.2) is 23.5 Å². The molecule has 8 nitrogen and oxygen atoms in total. The SMILES string of the molecule is CNc1ncc2cc(-c3cc(NC(=O)NCCC(C)(C)C#N)c(F)cc3F)c(C)nc2n1. The minimum atomic E-state index is -0.910. The molecule has 10 heteroatoms. The second kappa shape index (κ2) is 9.09. The summed E-state index contributed by atoms with van der Waals surface area (Å²) < 4.78 is 29.0. The molecule has 0 aliphatic carbocycles. The predicted molar refractivity (Wildman–Crippen MR) is 118 cm³/mol. The number of carbonyl (C=O) groups excluding carboxylic acids is 1. The van der Waals surface area contributed by atoms with Gasteiger partial charge >= 0.3 is 6.03 Å². The number of hydrogen-bond acceptors (Lipinski definition) is 6. The molecule has 0 unspecified atom stereocenters. The van der Waals surface area contributed by atoms with E-state index in [1.807, 2.05) is 0 Å². The van der Waals surface area contributed by atoms with Gasteiger partial charge in [-0.2, -0.15) is 10.2 Å². The number of halogens is 2. The summed E-state index contributed by atoms with van der Waals surface area (Å²) in [5.41, 5.74) is 0.649. The molecule has 0 atom stereocenters. The molecule has 3 N–H and O–H groups in total. The maximum absolute atomic E-state index is 14.7. The monoisotopic (exact) mass is 439 g/mol. The zero-order valence-corrected chi connectivity index (χ0v) is 18.2. The van der Waals surface area contributed by atoms with Crippen LogP contribution in [0.5, 0.6) is 0 Å². The number of benzene rings is 1. The van der Waals surface area contributed by atoms with Crippen LogP contribution in [-0.2, 0) is 0 Å². The van der Waals surface area contributed by atoms with Gasteiger partial charge in [-0.3, -0.25) is 0 Å². The second-order valence-electron chi connectivity index (χ2n) is 7.92. The van der Waals surface area contributed by atoms with Crippen molar-refractivity contribution >= 4 is 28.7 Å². The van der Waals surface area contributed by atoms with Crippen molar-refractivity contribution in [3.8, 4) is 17.2 Å². The van der Waals surface area contributed by atoms with Crippen LogP contribution in [0.1, 0.15) is 26.0 Å². The number of hydrogen-bond donors (Lipinski definition) is 3. The first-order chi connectivity index (χ1) is 15.1. The topological polar surface area (TPSA) is 116 Å². The van der Waals surface area contributed by atoms with Crippen molar-refractivity contribution in [2.45, 2.75) is 27.2 Å². The van der Waals surface area contributed by atoms with Crippen LogP contribution in [0.15, 0.2) is 24.4 Å². The zero-order chi connectivity index (χ0) is 23.5. The summed E-state index contributed by atoms with van der Waals surface area (Å²) in [5, 5.41) is 17.4. The third-order valence-corrected chi connectivity index (χ3v) is 4.92. The van der Waals surface area contributed by atoms with E-state index in [0.717, 1.165) is 0 Å². The second-order valence-corrected chi connectivity index (χ2v) is 7.92. The molecule has 0 fully saturated rings. The van der Waals surface area contributed by atoms with E-state index in [9.17, 15) is 13.6 Å². The molecule has 2 amide bonds. The van der Waals surface area contributed by atoms with Crippen LogP contribution in [0.4, 0.5) is 25.2 Å². The molecule has 0 aliphatic rings. The highest BCUT2D eigenvalue weighted by molar-refractivity contribution is 5.91. The van der Waals surface area contributed by atoms with Gasteiger partial charge in [-0.15, -0.1) is 0 Å². The number of aryl methyl sites for hydroxylation is 1. The number of nitrogens with one attached hydrogen (secondary N) is 3. The highest BCUT2D eigenvalue weighted by atomic mass is 19.1. The number of fused-ring (bicyclic) bond motifs is 1. The maximum atomic E-state index is 14.7. The van der Waals surface area contributed by atoms with Crippen molar-refractivity contribution in [3.63, 3.8) is 0 Å². The van der Waals surface area contributed by atoms with E-state index < -0.39 is 23.1 Å². The van der Waals surface area contributed by atoms with E-state index in [2.05, 4.69) is 37.0 Å². The quantitative estimate of drug-likeness (QED) is 0.525. The van der Waals surface area contributed by atoms with Crippen LogP contribution in [0, 0.1) is 35.3 Å². The lowest BCUT2D eigenvalue weighted by molar-refractivity contribution is 0.250. The summed E-state index contributed by atoms with van der Waals surface area (Å²) in [6.45, 7) is 5.42. The Bertz CT molecular complexity index is 1220. The molecular weight excluding hydrogens is 416 g/mol. The zero-order valence-electron chi connectivity index (χ0n) is 18.2. The van der Waals surface area contributed by atoms with Gasteiger partial charge in [0.1, 0.15) is 11.6 Å². The van der Waals surface area contributed by atoms with Crippen molar-refractivity contribution in [3.05, 3.63) is 41.7 Å². The van der Waals surface area contributed by atoms with Crippen molar-refractivity contribution in [2.24, 2.45) is 5.41 Å². The van der Waals surface area contributed by atoms with E-state index in [1.165, 1.54) is 6.07 Å². The number of aromatic nitrogens is 3. The number of urea groups is 1. The van der Waals surface area contributed by atoms with Crippen LogP contribution in [0.2, 0.25) is 0 Å². The number of amides is 2. The van der Waals surface area contributed by atoms with Crippen LogP contribution in [0.25, 0.3) is 22.2 Å². The average molecular weight is 439 g/mol. The smallest absolute Gasteiger partial charge is 0.319 e. The molecule has 0 bridgehead atoms. The summed E-state index contributed by atoms with van der Waals surface area (Å²) >= 11 is 0. The molecule has 3 rings (SSSR count). The standard InChI is InChI=1S/C22H23F2N7O/c1-12-14(7-13-10-28-20(26-4)31-19(13)29-12)15-8-18(17(24)9-16(15)23)30-21(32)27-6-5-22(2,3)11-25/h7-10H,5-6H2,1-4H3,(H2,27,30,32)(H,26,28,29,31). The Kier molecular flexibility index (Phi) is 6.48. The Labute approximate surface area is 184 Å². The van der Waals surface area contributed by atoms with Gasteiger partial charge in [0, 0.05) is 48.1 Å². The number of pyridine rings is 1. The van der Waals surface area contributed by atoms with E-state index in [4.69, 9.17) is 5.26 Å². The highest BCUT2D eigenvalue weighted by Gasteiger charge is 2.18. The Morgan fingerprint density at radius 2 is 1.91 bits per heavy atom. The van der Waals surface area contributed by atoms with Crippen LogP contribution < -0.4 is 16.0 Å². The fourth-order valence-corrected chi connectivity index (χ4v) is 3.01. The molecule has 0 saturated carbocycles. The first kappa shape index (κ1) is 22.8. The highest BCUT2D eigenvalue weighted by Crippen LogP contribution is 2.31. The molecule has 2 aromatic heterocycles. The summed E-state index contributed by atoms with van der Waals surface area (Å²) in [6.07, 6.45) is 1.98. The van der Waals surface area contributed by atoms with Crippen molar-refractivity contribution in [2.75, 3.05) is 24.2 Å². The molecule has 0 saturated heterocycles. The number of nitrogens with zero attached hydrogens (tertiary/aromatic N) is 4. The average Bonchev–Trinajstić information content (AvgIpc) is 2.74. The maximum Gasteiger partial charge on any atom is 0.319 e. The Balaban J connectivity index is 1.88. The van der Waals surface area contributed by atoms with E-state index in [1.54, 1.807) is 40.1 Å². The van der Waals surface area contributed by atoms with Crippen LogP contribution in [0.3, 0.4) is 0 Å². The molecule has 0 aliphatic heterocycles. The van der Waals surface area contributed by atoms with Gasteiger partial charge < -0.3 is 16.0 Å². The number of anilines is 2. The van der Waals surface area contributed by atoms with Gasteiger partial charge in [-0.05, 0) is 39.3 Å². The number of rotatable bonds is 6. The van der Waals surface area contributed by atoms with Gasteiger partial charge in [0.05, 0.1) is 17.2 Å². The lowest BCUT2D eigenvalue weighted by Gasteiger charge is -2.16. The summed E-state index contributed by atoms with van der Waals surface area (Å²) in [6, 6.07) is 5.09. The summed E-state index contributed by atoms with van der Waals surface area (Å²) in [7, 11) is 1.69. The van der Waals surface area contributed by atoms with Gasteiger partial charge in [0.15, 0.2) is 5.65 Å². The molecule has 1 aromatic carbocycles. The van der Waals surface area contributed by atoms with Crippen molar-refractivity contribution in [1.82, 2.24) is 20.3 Å². The molecular formula is C22H23F2N7O. The minimum Gasteiger partial charge on any atom is -0.357 e. The largest absolute Gasteiger partial charge is 0.357 e. The fourth-order valence-electron chi connectivity index (χ4n) is 3.01. The third-order valence-electron chi connectivity index (χ3n) is 4.92. The molecule has 0 radical (unpaired) electrons. The minimum absolute atomic E-state index is 0.0805. The number of carbonyl (C=O) groups is 1. The first-order valence-corrected chi connectivity index (χ1v) is 9.91. The number of nitriles is 1. The van der Waals surface area contributed by atoms with Gasteiger partial charge in [-0.1, -0.05) is 0 Å². The molecule has 32 heavy (non-hydrogen) atoms. The third kappa shape index (κ3) is 5.06. The van der Waals surface area contributed by atoms with Crippen molar-refractivity contribution in [1.29, 1.82) is 5.26 Å². The van der Waals surface area contributed by atoms with Gasteiger partial charge in [0.2, 0.25) is 5.95 Å². The Hall–Kier alpha value is -3.87. The molecule has 3 aromatic rings. The van der Waals surface area contributed by atoms with Crippen LogP contribution >= 0.6 is 0 Å². The molecule has 0 spiro atoms. The lowest BCUT2D eigenvalue weighted by Crippen LogP contribution is -2.32. The first-order valence-electron chi connectivity index (χ1n) is 9.91. The van der Waals surface area contributed by atoms with Crippen LogP contribution in [-0.4, -0.2) is 34.6 Å². The fraction of sp³-hybridized carbons (Fsp3) is 0.318. The van der Waals surface area contributed by atoms with Gasteiger partial charge in [0.25, 0.3) is 0 Å². The lowest BCUT2D eigenvalue weighted by atomic mass is 9.92. The van der Waals surface area contributed by atoms with Crippen molar-refractivity contribution < 1.29 is 13.6 Å². The Morgan fingerprint density at radius 1 is 1.16 bits per heavy atom. The van der Waals surface area contributed by atoms with E-state index in [0.29, 0.717) is 40.7 Å². The van der Waals surface area contributed by atoms with E-state index >= 15 is 0 Å². The summed E-state index contributed by atoms with van der Waals surface area (Å²) in [4.78, 5) is 25.0. The van der Waals surface area contributed by atoms with E-state index in [-0.39, 0.29) is 17.8 Å². The normalized spacial score (nSPS) is 11.2. The Morgan fingerprint density at radius 3 is 2.59 bits per heavy atom. The summed E-state index contributed by atoms with van der Waals surface area (Å²) in [5.74, 6) is -1.30. The molecule has 166 valence electrons. The predicted octanol–water partition coefficient (Wildman–Crippen LogP) is 4.38. The molecule has 2 heterocycles.